The van der Waals surface area contributed by atoms with Crippen molar-refractivity contribution in [2.75, 3.05) is 16.8 Å². The average Bonchev–Trinajstić information content (AvgIpc) is 4.01. The summed E-state index contributed by atoms with van der Waals surface area (Å²) in [5, 5.41) is 29.2. The molecule has 0 aliphatic heterocycles. The Balaban J connectivity index is 0.000000268. The van der Waals surface area contributed by atoms with Gasteiger partial charge in [0, 0.05) is 26.8 Å². The summed E-state index contributed by atoms with van der Waals surface area (Å²) in [7, 11) is 6.52. The molecule has 21 heteroatoms. The van der Waals surface area contributed by atoms with Crippen LogP contribution in [0.3, 0.4) is 0 Å². The zero-order valence-electron chi connectivity index (χ0n) is 45.6. The first kappa shape index (κ1) is 65.9. The maximum atomic E-state index is 11.5. The molecule has 0 aliphatic rings. The van der Waals surface area contributed by atoms with Gasteiger partial charge in [-0.25, -0.2) is 19.2 Å². The molecule has 0 bridgehead atoms. The molecule has 7 aromatic rings. The van der Waals surface area contributed by atoms with Crippen LogP contribution in [0.5, 0.6) is 5.75 Å². The smallest absolute Gasteiger partial charge is 0.507 e. The number of carboxylic acid groups (broad SMARTS) is 1. The van der Waals surface area contributed by atoms with Crippen LogP contribution >= 0.6 is 65.8 Å². The first-order valence-electron chi connectivity index (χ1n) is 24.0. The van der Waals surface area contributed by atoms with Crippen LogP contribution in [-0.2, 0) is 18.9 Å². The number of ether oxygens (including phenoxy) is 4. The Kier molecular flexibility index (Phi) is 26.6. The van der Waals surface area contributed by atoms with Crippen molar-refractivity contribution in [1.82, 2.24) is 0 Å². The van der Waals surface area contributed by atoms with Crippen LogP contribution in [0.25, 0.3) is 33.0 Å². The van der Waals surface area contributed by atoms with Gasteiger partial charge in [0.05, 0.1) is 11.4 Å². The van der Waals surface area contributed by atoms with E-state index in [-0.39, 0.29) is 11.3 Å². The number of rotatable bonds is 8. The van der Waals surface area contributed by atoms with E-state index in [1.807, 2.05) is 168 Å². The lowest BCUT2D eigenvalue weighted by Crippen LogP contribution is -2.29. The van der Waals surface area contributed by atoms with Gasteiger partial charge in [-0.05, 0) is 177 Å². The van der Waals surface area contributed by atoms with E-state index in [0.717, 1.165) is 40.7 Å². The summed E-state index contributed by atoms with van der Waals surface area (Å²) < 4.78 is 20.8. The third kappa shape index (κ3) is 27.7. The van der Waals surface area contributed by atoms with E-state index in [0.29, 0.717) is 11.4 Å². The highest BCUT2D eigenvalue weighted by molar-refractivity contribution is 7.80. The summed E-state index contributed by atoms with van der Waals surface area (Å²) in [6.07, 6.45) is 5.46. The molecule has 15 nitrogen and oxygen atoms in total. The van der Waals surface area contributed by atoms with Crippen molar-refractivity contribution in [3.05, 3.63) is 164 Å². The second-order valence-electron chi connectivity index (χ2n) is 19.3. The number of nitrogens with one attached hydrogen (secondary N) is 1. The van der Waals surface area contributed by atoms with Gasteiger partial charge in [0.25, 0.3) is 0 Å². The molecular formula is C58H65N5O10S6. The summed E-state index contributed by atoms with van der Waals surface area (Å²) in [5.74, 6) is -1.52. The average molecular weight is 1180 g/mol. The van der Waals surface area contributed by atoms with Crippen molar-refractivity contribution in [2.45, 2.75) is 93.0 Å². The predicted octanol–water partition coefficient (Wildman–Crippen LogP) is 19.1. The molecule has 0 saturated heterocycles. The van der Waals surface area contributed by atoms with Crippen molar-refractivity contribution >= 4 is 131 Å². The second-order valence-corrected chi connectivity index (χ2v) is 25.1. The monoisotopic (exact) mass is 1180 g/mol. The van der Waals surface area contributed by atoms with Gasteiger partial charge < -0.3 is 40.6 Å². The van der Waals surface area contributed by atoms with Gasteiger partial charge in [-0.15, -0.1) is 0 Å². The topological polar surface area (TPSA) is 234 Å². The third-order valence-corrected chi connectivity index (χ3v) is 14.7. The van der Waals surface area contributed by atoms with Crippen molar-refractivity contribution in [2.24, 2.45) is 10.2 Å². The van der Waals surface area contributed by atoms with Gasteiger partial charge in [-0.1, -0.05) is 139 Å². The summed E-state index contributed by atoms with van der Waals surface area (Å²) in [6, 6.07) is 38.8. The number of carbonyl (C=O) groups is 4. The number of phenols is 1. The van der Waals surface area contributed by atoms with E-state index in [4.69, 9.17) is 55.2 Å². The highest BCUT2D eigenvalue weighted by Crippen LogP contribution is 2.32. The van der Waals surface area contributed by atoms with Crippen molar-refractivity contribution in [1.29, 1.82) is 0 Å². The zero-order chi connectivity index (χ0) is 58.9. The fourth-order valence-electron chi connectivity index (χ4n) is 5.66. The zero-order valence-corrected chi connectivity index (χ0v) is 50.5. The fraction of sp³-hybridized carbons (Fsp3) is 0.241. The van der Waals surface area contributed by atoms with Crippen LogP contribution < -0.4 is 16.8 Å². The molecule has 2 heterocycles. The number of hydrogen-bond donors (Lipinski definition) is 5. The molecule has 1 amide bonds. The quantitative estimate of drug-likeness (QED) is 0.0181. The summed E-state index contributed by atoms with van der Waals surface area (Å²) in [4.78, 5) is 46.8. The van der Waals surface area contributed by atoms with Crippen LogP contribution in [0.4, 0.5) is 42.8 Å². The standard InChI is InChI=1S/C16H10N2O3S3.C14H19NO2.C10H18O5.C9H7NS3.C9H11N/c19-13-6-5-11(7-12(13)16(20)21)18-17-10-3-1-9(2-4-10)14-8-15(22)24-23-14;1-5-6-11-7-9-12(10-8-11)15-13(16)17-14(2,3)4;1-9(2,3)14-7(11)13-8(12)15-10(4,5)6;10-7-3-1-6(2-4-7)8-5-9(11)13-12-8;1-2-3-8-4-6-9(10)7-5-8/h1-8,19H,(H,20,21);5-10H,1-4H3,(H,15,16);1-6H3;1-5H,10H2;2-7H,10H2,1H3/b;6-5+;;;3-2+. The van der Waals surface area contributed by atoms with Gasteiger partial charge in [-0.3, -0.25) is 5.32 Å². The Morgan fingerprint density at radius 3 is 1.33 bits per heavy atom. The molecular weight excluding hydrogens is 1120 g/mol. The van der Waals surface area contributed by atoms with E-state index in [9.17, 15) is 24.3 Å². The molecule has 418 valence electrons. The number of nitrogen functional groups attached to an aromatic ring is 2. The number of aromatic carboxylic acids is 1. The van der Waals surface area contributed by atoms with Crippen LogP contribution in [0.1, 0.15) is 97.6 Å². The molecule has 0 saturated carbocycles. The fourth-order valence-corrected chi connectivity index (χ4v) is 10.5. The van der Waals surface area contributed by atoms with E-state index in [1.54, 1.807) is 82.9 Å². The Hall–Kier alpha value is -7.40. The molecule has 79 heavy (non-hydrogen) atoms. The maximum absolute atomic E-state index is 11.5. The van der Waals surface area contributed by atoms with Crippen LogP contribution in [0.15, 0.2) is 150 Å². The lowest BCUT2D eigenvalue weighted by Gasteiger charge is -2.20. The number of benzene rings is 5. The molecule has 0 radical (unpaired) electrons. The molecule has 5 aromatic carbocycles. The first-order chi connectivity index (χ1) is 37.0. The molecule has 0 spiro atoms. The van der Waals surface area contributed by atoms with E-state index in [1.165, 1.54) is 34.2 Å². The van der Waals surface area contributed by atoms with Crippen LogP contribution in [0, 0.1) is 7.65 Å². The van der Waals surface area contributed by atoms with E-state index >= 15 is 0 Å². The van der Waals surface area contributed by atoms with Crippen molar-refractivity contribution < 1.29 is 48.3 Å². The minimum Gasteiger partial charge on any atom is -0.507 e. The summed E-state index contributed by atoms with van der Waals surface area (Å²) in [6.45, 7) is 19.5. The highest BCUT2D eigenvalue weighted by atomic mass is 32.9. The second kappa shape index (κ2) is 31.9. The number of carbonyl (C=O) groups excluding carboxylic acids is 3. The number of anilines is 3. The Labute approximate surface area is 486 Å². The molecule has 2 aromatic heterocycles. The van der Waals surface area contributed by atoms with Crippen LogP contribution in [-0.4, -0.2) is 51.4 Å². The van der Waals surface area contributed by atoms with E-state index in [2.05, 4.69) is 20.3 Å². The molecule has 7 rings (SSSR count). The Bertz CT molecular complexity index is 3240. The van der Waals surface area contributed by atoms with Gasteiger partial charge in [0.2, 0.25) is 0 Å². The number of azo groups is 1. The predicted molar refractivity (Wildman–Crippen MR) is 331 cm³/mol. The number of hydrogen-bond acceptors (Lipinski definition) is 19. The molecule has 0 fully saturated rings. The third-order valence-electron chi connectivity index (χ3n) is 8.92. The van der Waals surface area contributed by atoms with E-state index < -0.39 is 41.2 Å². The first-order valence-corrected chi connectivity index (χ1v) is 29.1. The summed E-state index contributed by atoms with van der Waals surface area (Å²) in [5.41, 5.74) is 16.9. The Morgan fingerprint density at radius 1 is 0.544 bits per heavy atom. The lowest BCUT2D eigenvalue weighted by molar-refractivity contribution is -0.0294. The molecule has 7 N–H and O–H groups in total. The van der Waals surface area contributed by atoms with Gasteiger partial charge >= 0.3 is 24.4 Å². The molecule has 0 unspecified atom stereocenters. The summed E-state index contributed by atoms with van der Waals surface area (Å²) >= 11 is 10.2. The van der Waals surface area contributed by atoms with Crippen molar-refractivity contribution in [3.63, 3.8) is 0 Å². The van der Waals surface area contributed by atoms with Crippen molar-refractivity contribution in [3.8, 4) is 26.6 Å². The number of carboxylic acids is 1. The normalized spacial score (nSPS) is 11.1. The number of aromatic hydroxyl groups is 1. The molecule has 0 atom stereocenters. The minimum absolute atomic E-state index is 0.208. The number of allylic oxidation sites excluding steroid dienone is 2. The maximum Gasteiger partial charge on any atom is 0.519 e. The lowest BCUT2D eigenvalue weighted by atomic mass is 10.2. The number of nitrogens with two attached hydrogens (primary N) is 2. The molecule has 0 aliphatic carbocycles. The number of amides is 1. The van der Waals surface area contributed by atoms with Gasteiger partial charge in [-0.2, -0.15) is 10.2 Å². The van der Waals surface area contributed by atoms with Gasteiger partial charge in [0.1, 0.15) is 35.8 Å². The minimum atomic E-state index is -1.22. The highest BCUT2D eigenvalue weighted by Gasteiger charge is 2.24. The van der Waals surface area contributed by atoms with Crippen LogP contribution in [0.2, 0.25) is 0 Å². The Morgan fingerprint density at radius 2 is 0.937 bits per heavy atom. The van der Waals surface area contributed by atoms with Gasteiger partial charge in [0.15, 0.2) is 0 Å². The SMILES string of the molecule is C/C=C/c1ccc(N)cc1.C/C=C/c1ccc(NC(=O)OC(C)(C)C)cc1.CC(C)(C)OC(=O)OC(=O)OC(C)(C)C.Nc1ccc(-c2cc(=S)ss2)cc1.O=C(O)c1cc(N=Nc2ccc(-c3cc(=S)ss3)cc2)ccc1O. The number of nitrogens with zero attached hydrogens (tertiary/aromatic N) is 2. The largest absolute Gasteiger partial charge is 0.519 e.